The van der Waals surface area contributed by atoms with Crippen LogP contribution in [-0.2, 0) is 16.1 Å². The first-order valence-electron chi connectivity index (χ1n) is 6.17. The molecular weight excluding hydrogens is 250 g/mol. The van der Waals surface area contributed by atoms with E-state index in [-0.39, 0.29) is 13.2 Å². The predicted octanol–water partition coefficient (Wildman–Crippen LogP) is -1.03. The van der Waals surface area contributed by atoms with Gasteiger partial charge in [0.15, 0.2) is 6.29 Å². The molecule has 1 aliphatic heterocycles. The molecule has 1 aliphatic rings. The van der Waals surface area contributed by atoms with E-state index in [0.717, 1.165) is 5.56 Å². The molecule has 1 saturated heterocycles. The van der Waals surface area contributed by atoms with Crippen molar-refractivity contribution >= 4 is 0 Å². The lowest BCUT2D eigenvalue weighted by Gasteiger charge is -2.40. The minimum absolute atomic E-state index is 0.254. The van der Waals surface area contributed by atoms with Crippen LogP contribution in [0.3, 0.4) is 0 Å². The zero-order valence-electron chi connectivity index (χ0n) is 10.4. The van der Waals surface area contributed by atoms with Gasteiger partial charge in [-0.15, -0.1) is 0 Å². The molecule has 2 unspecified atom stereocenters. The fourth-order valence-corrected chi connectivity index (χ4v) is 2.01. The van der Waals surface area contributed by atoms with Crippen LogP contribution in [0.4, 0.5) is 0 Å². The minimum Gasteiger partial charge on any atom is -0.394 e. The Bertz CT molecular complexity index is 386. The maximum atomic E-state index is 9.88. The summed E-state index contributed by atoms with van der Waals surface area (Å²) in [6.07, 6.45) is -4.06. The summed E-state index contributed by atoms with van der Waals surface area (Å²) < 4.78 is 10.8. The fraction of sp³-hybridized carbons (Fsp3) is 0.538. The second-order valence-electron chi connectivity index (χ2n) is 4.58. The van der Waals surface area contributed by atoms with Gasteiger partial charge in [-0.05, 0) is 5.56 Å². The summed E-state index contributed by atoms with van der Waals surface area (Å²) in [5, 5.41) is 28.7. The van der Waals surface area contributed by atoms with E-state index in [1.54, 1.807) is 0 Å². The summed E-state index contributed by atoms with van der Waals surface area (Å²) in [5.74, 6) is 0. The van der Waals surface area contributed by atoms with Crippen LogP contribution in [0.15, 0.2) is 30.3 Å². The standard InChI is InChI=1S/C13H19NO5/c14-10-11(16)9(6-15)19-13(12(10)17)18-7-8-4-2-1-3-5-8/h1-5,9-13,15-17H,6-7,14H2/t9?,10-,11+,12?,13-/m0/s1. The van der Waals surface area contributed by atoms with Gasteiger partial charge in [0.2, 0.25) is 0 Å². The Kier molecular flexibility index (Phi) is 4.87. The average molecular weight is 269 g/mol. The number of ether oxygens (including phenoxy) is 2. The fourth-order valence-electron chi connectivity index (χ4n) is 2.01. The zero-order valence-corrected chi connectivity index (χ0v) is 10.4. The molecule has 0 spiro atoms. The molecule has 6 heteroatoms. The molecule has 0 radical (unpaired) electrons. The Hall–Kier alpha value is -1.02. The van der Waals surface area contributed by atoms with Crippen LogP contribution >= 0.6 is 0 Å². The summed E-state index contributed by atoms with van der Waals surface area (Å²) in [6, 6.07) is 8.50. The van der Waals surface area contributed by atoms with Crippen LogP contribution in [0.25, 0.3) is 0 Å². The third kappa shape index (κ3) is 3.30. The molecule has 6 nitrogen and oxygen atoms in total. The first-order chi connectivity index (χ1) is 9.13. The Labute approximate surface area is 111 Å². The van der Waals surface area contributed by atoms with Crippen LogP contribution in [-0.4, -0.2) is 52.6 Å². The Morgan fingerprint density at radius 3 is 2.47 bits per heavy atom. The summed E-state index contributed by atoms with van der Waals surface area (Å²) >= 11 is 0. The Morgan fingerprint density at radius 2 is 1.84 bits per heavy atom. The molecule has 5 atom stereocenters. The second-order valence-corrected chi connectivity index (χ2v) is 4.58. The van der Waals surface area contributed by atoms with Crippen molar-refractivity contribution < 1.29 is 24.8 Å². The maximum Gasteiger partial charge on any atom is 0.186 e. The van der Waals surface area contributed by atoms with Gasteiger partial charge in [-0.3, -0.25) is 0 Å². The van der Waals surface area contributed by atoms with Gasteiger partial charge in [-0.2, -0.15) is 0 Å². The highest BCUT2D eigenvalue weighted by Crippen LogP contribution is 2.21. The van der Waals surface area contributed by atoms with Crippen LogP contribution in [0.2, 0.25) is 0 Å². The summed E-state index contributed by atoms with van der Waals surface area (Å²) in [6.45, 7) is -0.129. The van der Waals surface area contributed by atoms with E-state index in [9.17, 15) is 10.2 Å². The lowest BCUT2D eigenvalue weighted by Crippen LogP contribution is -2.62. The molecule has 0 aromatic heterocycles. The van der Waals surface area contributed by atoms with E-state index in [1.165, 1.54) is 0 Å². The highest BCUT2D eigenvalue weighted by molar-refractivity contribution is 5.13. The molecule has 0 amide bonds. The van der Waals surface area contributed by atoms with E-state index < -0.39 is 30.6 Å². The first-order valence-corrected chi connectivity index (χ1v) is 6.17. The van der Waals surface area contributed by atoms with E-state index in [1.807, 2.05) is 30.3 Å². The van der Waals surface area contributed by atoms with Crippen molar-refractivity contribution in [2.45, 2.75) is 37.3 Å². The van der Waals surface area contributed by atoms with Crippen molar-refractivity contribution in [1.82, 2.24) is 0 Å². The van der Waals surface area contributed by atoms with Gasteiger partial charge in [-0.1, -0.05) is 30.3 Å². The maximum absolute atomic E-state index is 9.88. The lowest BCUT2D eigenvalue weighted by molar-refractivity contribution is -0.279. The van der Waals surface area contributed by atoms with Crippen LogP contribution in [0, 0.1) is 0 Å². The number of benzene rings is 1. The number of nitrogens with two attached hydrogens (primary N) is 1. The van der Waals surface area contributed by atoms with E-state index in [0.29, 0.717) is 0 Å². The number of hydrogen-bond donors (Lipinski definition) is 4. The smallest absolute Gasteiger partial charge is 0.186 e. The Balaban J connectivity index is 1.95. The number of aliphatic hydroxyl groups excluding tert-OH is 3. The lowest BCUT2D eigenvalue weighted by atomic mass is 9.97. The zero-order chi connectivity index (χ0) is 13.8. The topological polar surface area (TPSA) is 105 Å². The van der Waals surface area contributed by atoms with Crippen molar-refractivity contribution in [1.29, 1.82) is 0 Å². The van der Waals surface area contributed by atoms with Crippen molar-refractivity contribution in [3.8, 4) is 0 Å². The van der Waals surface area contributed by atoms with Crippen LogP contribution < -0.4 is 5.73 Å². The largest absolute Gasteiger partial charge is 0.394 e. The van der Waals surface area contributed by atoms with Crippen molar-refractivity contribution in [3.05, 3.63) is 35.9 Å². The highest BCUT2D eigenvalue weighted by atomic mass is 16.7. The van der Waals surface area contributed by atoms with Gasteiger partial charge in [-0.25, -0.2) is 0 Å². The van der Waals surface area contributed by atoms with Crippen LogP contribution in [0.5, 0.6) is 0 Å². The third-order valence-corrected chi connectivity index (χ3v) is 3.19. The molecule has 19 heavy (non-hydrogen) atoms. The number of hydrogen-bond acceptors (Lipinski definition) is 6. The van der Waals surface area contributed by atoms with Gasteiger partial charge >= 0.3 is 0 Å². The number of rotatable bonds is 4. The molecular formula is C13H19NO5. The van der Waals surface area contributed by atoms with Gasteiger partial charge in [0.05, 0.1) is 19.3 Å². The normalized spacial score (nSPS) is 35.3. The van der Waals surface area contributed by atoms with E-state index in [2.05, 4.69) is 0 Å². The molecule has 1 aromatic carbocycles. The molecule has 0 bridgehead atoms. The molecule has 1 heterocycles. The summed E-state index contributed by atoms with van der Waals surface area (Å²) in [7, 11) is 0. The quantitative estimate of drug-likeness (QED) is 0.557. The summed E-state index contributed by atoms with van der Waals surface area (Å²) in [4.78, 5) is 0. The van der Waals surface area contributed by atoms with Gasteiger partial charge in [0.1, 0.15) is 18.3 Å². The van der Waals surface area contributed by atoms with Crippen molar-refractivity contribution in [3.63, 3.8) is 0 Å². The molecule has 5 N–H and O–H groups in total. The first kappa shape index (κ1) is 14.4. The SMILES string of the molecule is N[C@@H]1C(O)[C@@H](OCc2ccccc2)OC(CO)[C@H]1O. The molecule has 1 fully saturated rings. The number of aliphatic hydroxyl groups is 3. The second kappa shape index (κ2) is 6.42. The van der Waals surface area contributed by atoms with E-state index >= 15 is 0 Å². The molecule has 1 aromatic rings. The third-order valence-electron chi connectivity index (χ3n) is 3.19. The Morgan fingerprint density at radius 1 is 1.16 bits per heavy atom. The molecule has 2 rings (SSSR count). The van der Waals surface area contributed by atoms with Crippen molar-refractivity contribution in [2.24, 2.45) is 5.73 Å². The van der Waals surface area contributed by atoms with E-state index in [4.69, 9.17) is 20.3 Å². The molecule has 0 aliphatic carbocycles. The average Bonchev–Trinajstić information content (AvgIpc) is 2.45. The molecule has 0 saturated carbocycles. The predicted molar refractivity (Wildman–Crippen MR) is 67.0 cm³/mol. The van der Waals surface area contributed by atoms with Gasteiger partial charge in [0.25, 0.3) is 0 Å². The monoisotopic (exact) mass is 269 g/mol. The summed E-state index contributed by atoms with van der Waals surface area (Å²) in [5.41, 5.74) is 6.61. The van der Waals surface area contributed by atoms with Crippen molar-refractivity contribution in [2.75, 3.05) is 6.61 Å². The minimum atomic E-state index is -1.14. The molecule has 106 valence electrons. The van der Waals surface area contributed by atoms with Gasteiger partial charge in [0, 0.05) is 0 Å². The van der Waals surface area contributed by atoms with Crippen LogP contribution in [0.1, 0.15) is 5.56 Å². The van der Waals surface area contributed by atoms with Gasteiger partial charge < -0.3 is 30.5 Å². The highest BCUT2D eigenvalue weighted by Gasteiger charge is 2.42.